The van der Waals surface area contributed by atoms with Gasteiger partial charge in [-0.05, 0) is 56.3 Å². The molecule has 7 heteroatoms. The maximum Gasteiger partial charge on any atom is 0.243 e. The van der Waals surface area contributed by atoms with Crippen molar-refractivity contribution in [1.29, 1.82) is 5.26 Å². The van der Waals surface area contributed by atoms with Crippen LogP contribution in [-0.4, -0.2) is 38.4 Å². The van der Waals surface area contributed by atoms with Gasteiger partial charge in [-0.3, -0.25) is 0 Å². The Labute approximate surface area is 145 Å². The second-order valence-corrected chi connectivity index (χ2v) is 9.17. The highest BCUT2D eigenvalue weighted by atomic mass is 79.9. The number of hydrogen-bond acceptors (Lipinski definition) is 4. The normalized spacial score (nSPS) is 20.3. The van der Waals surface area contributed by atoms with Crippen molar-refractivity contribution in [2.75, 3.05) is 19.6 Å². The third kappa shape index (κ3) is 4.13. The topological polar surface area (TPSA) is 73.2 Å². The van der Waals surface area contributed by atoms with Crippen LogP contribution >= 0.6 is 15.9 Å². The fourth-order valence-electron chi connectivity index (χ4n) is 2.88. The highest BCUT2D eigenvalue weighted by Crippen LogP contribution is 2.29. The number of sulfonamides is 1. The van der Waals surface area contributed by atoms with E-state index in [4.69, 9.17) is 5.26 Å². The Bertz CT molecular complexity index is 717. The summed E-state index contributed by atoms with van der Waals surface area (Å²) in [6.45, 7) is 2.12. The van der Waals surface area contributed by atoms with E-state index in [2.05, 4.69) is 21.2 Å². The monoisotopic (exact) mass is 397 g/mol. The lowest BCUT2D eigenvalue weighted by molar-refractivity contribution is 0.288. The molecule has 0 unspecified atom stereocenters. The molecule has 0 spiro atoms. The Kier molecular flexibility index (Phi) is 5.07. The Hall–Kier alpha value is -0.940. The lowest BCUT2D eigenvalue weighted by Crippen LogP contribution is -2.45. The van der Waals surface area contributed by atoms with E-state index >= 15 is 0 Å². The molecule has 0 radical (unpaired) electrons. The van der Waals surface area contributed by atoms with Crippen LogP contribution in [-0.2, 0) is 10.0 Å². The van der Waals surface area contributed by atoms with Gasteiger partial charge in [-0.1, -0.05) is 15.9 Å². The van der Waals surface area contributed by atoms with Gasteiger partial charge in [0.05, 0.1) is 16.5 Å². The molecular weight excluding hydrogens is 378 g/mol. The first-order chi connectivity index (χ1) is 11.0. The van der Waals surface area contributed by atoms with Gasteiger partial charge in [-0.25, -0.2) is 8.42 Å². The Morgan fingerprint density at radius 2 is 1.91 bits per heavy atom. The quantitative estimate of drug-likeness (QED) is 0.827. The van der Waals surface area contributed by atoms with Gasteiger partial charge in [0.25, 0.3) is 0 Å². The van der Waals surface area contributed by atoms with Crippen molar-refractivity contribution in [2.45, 2.75) is 36.6 Å². The van der Waals surface area contributed by atoms with Gasteiger partial charge >= 0.3 is 0 Å². The summed E-state index contributed by atoms with van der Waals surface area (Å²) < 4.78 is 27.7. The predicted octanol–water partition coefficient (Wildman–Crippen LogP) is 2.47. The van der Waals surface area contributed by atoms with Crippen LogP contribution in [0.3, 0.4) is 0 Å². The second kappa shape index (κ2) is 6.89. The summed E-state index contributed by atoms with van der Waals surface area (Å²) in [6.07, 6.45) is 4.32. The minimum atomic E-state index is -3.54. The summed E-state index contributed by atoms with van der Waals surface area (Å²) in [5, 5.41) is 12.6. The van der Waals surface area contributed by atoms with Crippen LogP contribution in [0.4, 0.5) is 0 Å². The molecule has 1 heterocycles. The molecule has 2 aliphatic rings. The number of halogens is 1. The smallest absolute Gasteiger partial charge is 0.243 e. The Morgan fingerprint density at radius 3 is 2.52 bits per heavy atom. The largest absolute Gasteiger partial charge is 0.314 e. The van der Waals surface area contributed by atoms with E-state index in [1.807, 2.05) is 6.07 Å². The van der Waals surface area contributed by atoms with Crippen molar-refractivity contribution >= 4 is 26.0 Å². The van der Waals surface area contributed by atoms with Crippen LogP contribution in [0.2, 0.25) is 0 Å². The molecule has 0 bridgehead atoms. The molecule has 5 nitrogen and oxygen atoms in total. The highest BCUT2D eigenvalue weighted by Gasteiger charge is 2.30. The third-order valence-electron chi connectivity index (χ3n) is 4.48. The first-order valence-electron chi connectivity index (χ1n) is 7.93. The maximum absolute atomic E-state index is 12.8. The SMILES string of the molecule is N#Cc1cc(Br)cc(S(=O)(=O)N2CCC(NCC3CC3)CC2)c1. The number of nitrogens with zero attached hydrogens (tertiary/aromatic N) is 2. The van der Waals surface area contributed by atoms with Crippen molar-refractivity contribution in [3.63, 3.8) is 0 Å². The molecule has 2 fully saturated rings. The van der Waals surface area contributed by atoms with Gasteiger partial charge in [0.2, 0.25) is 10.0 Å². The van der Waals surface area contributed by atoms with E-state index in [0.29, 0.717) is 29.2 Å². The van der Waals surface area contributed by atoms with Gasteiger partial charge in [-0.2, -0.15) is 9.57 Å². The van der Waals surface area contributed by atoms with E-state index in [9.17, 15) is 8.42 Å². The zero-order valence-corrected chi connectivity index (χ0v) is 15.2. The van der Waals surface area contributed by atoms with Gasteiger partial charge in [0, 0.05) is 23.6 Å². The summed E-state index contributed by atoms with van der Waals surface area (Å²) in [4.78, 5) is 0.188. The number of rotatable bonds is 5. The number of nitriles is 1. The minimum Gasteiger partial charge on any atom is -0.314 e. The first kappa shape index (κ1) is 16.9. The van der Waals surface area contributed by atoms with Gasteiger partial charge < -0.3 is 5.32 Å². The molecule has 23 heavy (non-hydrogen) atoms. The van der Waals surface area contributed by atoms with Crippen molar-refractivity contribution in [3.05, 3.63) is 28.2 Å². The predicted molar refractivity (Wildman–Crippen MR) is 91.4 cm³/mol. The van der Waals surface area contributed by atoms with Gasteiger partial charge in [0.1, 0.15) is 0 Å². The Morgan fingerprint density at radius 1 is 1.22 bits per heavy atom. The average molecular weight is 398 g/mol. The molecule has 1 aromatic carbocycles. The van der Waals surface area contributed by atoms with Crippen molar-refractivity contribution in [1.82, 2.24) is 9.62 Å². The van der Waals surface area contributed by atoms with Crippen LogP contribution in [0.5, 0.6) is 0 Å². The molecule has 0 atom stereocenters. The van der Waals surface area contributed by atoms with E-state index in [0.717, 1.165) is 25.3 Å². The summed E-state index contributed by atoms with van der Waals surface area (Å²) in [5.41, 5.74) is 0.346. The Balaban J connectivity index is 1.66. The van der Waals surface area contributed by atoms with Crippen LogP contribution in [0.25, 0.3) is 0 Å². The summed E-state index contributed by atoms with van der Waals surface area (Å²) >= 11 is 3.28. The van der Waals surface area contributed by atoms with Crippen LogP contribution in [0.15, 0.2) is 27.6 Å². The first-order valence-corrected chi connectivity index (χ1v) is 10.2. The van der Waals surface area contributed by atoms with E-state index in [-0.39, 0.29) is 4.90 Å². The second-order valence-electron chi connectivity index (χ2n) is 6.32. The van der Waals surface area contributed by atoms with Crippen molar-refractivity contribution < 1.29 is 8.42 Å². The zero-order chi connectivity index (χ0) is 16.4. The van der Waals surface area contributed by atoms with Crippen LogP contribution < -0.4 is 5.32 Å². The molecule has 0 aromatic heterocycles. The molecular formula is C16H20BrN3O2S. The molecule has 1 saturated heterocycles. The fourth-order valence-corrected chi connectivity index (χ4v) is 5.07. The number of hydrogen-bond donors (Lipinski definition) is 1. The van der Waals surface area contributed by atoms with E-state index in [1.165, 1.54) is 23.2 Å². The minimum absolute atomic E-state index is 0.188. The van der Waals surface area contributed by atoms with E-state index < -0.39 is 10.0 Å². The number of benzene rings is 1. The highest BCUT2D eigenvalue weighted by molar-refractivity contribution is 9.10. The molecule has 0 amide bonds. The summed E-state index contributed by atoms with van der Waals surface area (Å²) in [6, 6.07) is 7.04. The molecule has 1 saturated carbocycles. The summed E-state index contributed by atoms with van der Waals surface area (Å²) in [7, 11) is -3.54. The van der Waals surface area contributed by atoms with Gasteiger partial charge in [-0.15, -0.1) is 0 Å². The molecule has 1 aliphatic carbocycles. The number of nitrogens with one attached hydrogen (secondary N) is 1. The van der Waals surface area contributed by atoms with E-state index in [1.54, 1.807) is 12.1 Å². The lowest BCUT2D eigenvalue weighted by atomic mass is 10.1. The molecule has 124 valence electrons. The zero-order valence-electron chi connectivity index (χ0n) is 12.8. The molecule has 1 aromatic rings. The molecule has 3 rings (SSSR count). The standard InChI is InChI=1S/C16H20BrN3O2S/c17-14-7-13(10-18)8-16(9-14)23(21,22)20-5-3-15(4-6-20)19-11-12-1-2-12/h7-9,12,15,19H,1-6,11H2. The van der Waals surface area contributed by atoms with Crippen molar-refractivity contribution in [3.8, 4) is 6.07 Å². The fraction of sp³-hybridized carbons (Fsp3) is 0.562. The molecule has 1 N–H and O–H groups in total. The average Bonchev–Trinajstić information content (AvgIpc) is 3.37. The summed E-state index contributed by atoms with van der Waals surface area (Å²) in [5.74, 6) is 0.836. The van der Waals surface area contributed by atoms with Gasteiger partial charge in [0.15, 0.2) is 0 Å². The van der Waals surface area contributed by atoms with Crippen molar-refractivity contribution in [2.24, 2.45) is 5.92 Å². The molecule has 1 aliphatic heterocycles. The number of piperidine rings is 1. The van der Waals surface area contributed by atoms with Crippen LogP contribution in [0, 0.1) is 17.2 Å². The third-order valence-corrected chi connectivity index (χ3v) is 6.82. The van der Waals surface area contributed by atoms with Crippen LogP contribution in [0.1, 0.15) is 31.2 Å². The maximum atomic E-state index is 12.8. The lowest BCUT2D eigenvalue weighted by Gasteiger charge is -2.31.